The minimum Gasteiger partial charge on any atom is -0.494 e. The molecule has 0 spiro atoms. The molecule has 0 unspecified atom stereocenters. The lowest BCUT2D eigenvalue weighted by Gasteiger charge is -2.19. The Labute approximate surface area is 152 Å². The number of aromatic nitrogens is 4. The van der Waals surface area contributed by atoms with Gasteiger partial charge in [-0.1, -0.05) is 6.07 Å². The monoisotopic (exact) mass is 354 g/mol. The number of hydrogen-bond acceptors (Lipinski definition) is 6. The Kier molecular flexibility index (Phi) is 4.63. The number of esters is 1. The van der Waals surface area contributed by atoms with E-state index < -0.39 is 11.6 Å². The fraction of sp³-hybridized carbons (Fsp3) is 0.368. The summed E-state index contributed by atoms with van der Waals surface area (Å²) in [6.45, 7) is 9.78. The number of ether oxygens (including phenoxy) is 2. The Bertz CT molecular complexity index is 957. The molecule has 1 aromatic carbocycles. The van der Waals surface area contributed by atoms with Gasteiger partial charge in [0.05, 0.1) is 23.4 Å². The lowest BCUT2D eigenvalue weighted by atomic mass is 10.2. The van der Waals surface area contributed by atoms with Gasteiger partial charge in [-0.25, -0.2) is 19.4 Å². The van der Waals surface area contributed by atoms with Crippen LogP contribution in [0.3, 0.4) is 0 Å². The van der Waals surface area contributed by atoms with E-state index in [1.807, 2.05) is 58.9 Å². The van der Waals surface area contributed by atoms with Crippen molar-refractivity contribution in [2.24, 2.45) is 0 Å². The molecule has 0 bridgehead atoms. The van der Waals surface area contributed by atoms with E-state index in [0.29, 0.717) is 23.3 Å². The van der Waals surface area contributed by atoms with Crippen molar-refractivity contribution in [1.29, 1.82) is 0 Å². The number of benzene rings is 1. The van der Waals surface area contributed by atoms with Crippen molar-refractivity contribution >= 4 is 17.0 Å². The maximum Gasteiger partial charge on any atom is 0.358 e. The second-order valence-corrected chi connectivity index (χ2v) is 6.85. The van der Waals surface area contributed by atoms with Crippen LogP contribution in [0.15, 0.2) is 30.6 Å². The van der Waals surface area contributed by atoms with Crippen LogP contribution in [0.1, 0.15) is 43.9 Å². The Morgan fingerprint density at radius 2 is 2.00 bits per heavy atom. The van der Waals surface area contributed by atoms with Crippen LogP contribution in [0, 0.1) is 6.92 Å². The first-order valence-electron chi connectivity index (χ1n) is 8.47. The molecule has 26 heavy (non-hydrogen) atoms. The number of hydrogen-bond donors (Lipinski definition) is 0. The molecule has 0 atom stereocenters. The molecule has 0 N–H and O–H groups in total. The molecule has 7 heteroatoms. The summed E-state index contributed by atoms with van der Waals surface area (Å²) in [5.41, 5.74) is 1.61. The number of aryl methyl sites for hydroxylation is 1. The molecule has 3 rings (SSSR count). The number of fused-ring (bicyclic) bond motifs is 1. The minimum atomic E-state index is -0.607. The third-order valence-electron chi connectivity index (χ3n) is 3.61. The van der Waals surface area contributed by atoms with E-state index in [2.05, 4.69) is 15.1 Å². The third-order valence-corrected chi connectivity index (χ3v) is 3.61. The molecule has 0 aliphatic rings. The van der Waals surface area contributed by atoms with Gasteiger partial charge in [-0.3, -0.25) is 0 Å². The van der Waals surface area contributed by atoms with Crippen LogP contribution in [0.2, 0.25) is 0 Å². The summed E-state index contributed by atoms with van der Waals surface area (Å²) in [4.78, 5) is 21.0. The second-order valence-electron chi connectivity index (χ2n) is 6.85. The highest BCUT2D eigenvalue weighted by atomic mass is 16.6. The molecule has 0 aliphatic heterocycles. The molecule has 0 radical (unpaired) electrons. The van der Waals surface area contributed by atoms with E-state index in [-0.39, 0.29) is 5.69 Å². The summed E-state index contributed by atoms with van der Waals surface area (Å²) in [6.07, 6.45) is 1.35. The molecule has 0 saturated carbocycles. The van der Waals surface area contributed by atoms with Crippen molar-refractivity contribution in [1.82, 2.24) is 19.7 Å². The zero-order chi connectivity index (χ0) is 18.9. The SMILES string of the molecule is CCOc1cccc(-n2nc(C)c3c(C(=O)OC(C)(C)C)ncnc32)c1. The van der Waals surface area contributed by atoms with Crippen molar-refractivity contribution in [2.75, 3.05) is 6.61 Å². The largest absolute Gasteiger partial charge is 0.494 e. The van der Waals surface area contributed by atoms with Crippen LogP contribution in [0.5, 0.6) is 5.75 Å². The van der Waals surface area contributed by atoms with Crippen molar-refractivity contribution in [2.45, 2.75) is 40.2 Å². The van der Waals surface area contributed by atoms with Gasteiger partial charge in [-0.15, -0.1) is 0 Å². The predicted octanol–water partition coefficient (Wildman–Crippen LogP) is 3.48. The second kappa shape index (κ2) is 6.74. The van der Waals surface area contributed by atoms with E-state index in [0.717, 1.165) is 11.4 Å². The quantitative estimate of drug-likeness (QED) is 0.668. The summed E-state index contributed by atoms with van der Waals surface area (Å²) in [6, 6.07) is 7.56. The van der Waals surface area contributed by atoms with E-state index >= 15 is 0 Å². The predicted molar refractivity (Wildman–Crippen MR) is 97.7 cm³/mol. The molecule has 2 heterocycles. The molecular formula is C19H22N4O3. The molecule has 136 valence electrons. The van der Waals surface area contributed by atoms with Crippen molar-refractivity contribution in [3.8, 4) is 11.4 Å². The molecular weight excluding hydrogens is 332 g/mol. The number of carbonyl (C=O) groups is 1. The Morgan fingerprint density at radius 3 is 2.69 bits per heavy atom. The Morgan fingerprint density at radius 1 is 1.23 bits per heavy atom. The first-order valence-corrected chi connectivity index (χ1v) is 8.47. The van der Waals surface area contributed by atoms with Crippen LogP contribution in [-0.2, 0) is 4.74 Å². The summed E-state index contributed by atoms with van der Waals surface area (Å²) in [7, 11) is 0. The van der Waals surface area contributed by atoms with Crippen LogP contribution < -0.4 is 4.74 Å². The smallest absolute Gasteiger partial charge is 0.358 e. The van der Waals surface area contributed by atoms with E-state index in [1.54, 1.807) is 4.68 Å². The normalized spacial score (nSPS) is 11.6. The third kappa shape index (κ3) is 3.51. The zero-order valence-corrected chi connectivity index (χ0v) is 15.6. The minimum absolute atomic E-state index is 0.217. The lowest BCUT2D eigenvalue weighted by molar-refractivity contribution is 0.00651. The van der Waals surface area contributed by atoms with E-state index in [1.165, 1.54) is 6.33 Å². The van der Waals surface area contributed by atoms with Crippen molar-refractivity contribution in [3.63, 3.8) is 0 Å². The molecule has 7 nitrogen and oxygen atoms in total. The number of nitrogens with zero attached hydrogens (tertiary/aromatic N) is 4. The fourth-order valence-corrected chi connectivity index (χ4v) is 2.65. The maximum atomic E-state index is 12.5. The van der Waals surface area contributed by atoms with Gasteiger partial charge in [0.25, 0.3) is 0 Å². The maximum absolute atomic E-state index is 12.5. The highest BCUT2D eigenvalue weighted by Crippen LogP contribution is 2.25. The van der Waals surface area contributed by atoms with Gasteiger partial charge in [0, 0.05) is 6.07 Å². The Balaban J connectivity index is 2.12. The van der Waals surface area contributed by atoms with Crippen molar-refractivity contribution in [3.05, 3.63) is 42.0 Å². The average molecular weight is 354 g/mol. The van der Waals surface area contributed by atoms with Crippen LogP contribution in [-0.4, -0.2) is 37.9 Å². The lowest BCUT2D eigenvalue weighted by Crippen LogP contribution is -2.24. The number of rotatable bonds is 4. The van der Waals surface area contributed by atoms with Gasteiger partial charge in [0.1, 0.15) is 17.7 Å². The summed E-state index contributed by atoms with van der Waals surface area (Å²) in [5, 5.41) is 5.14. The first-order chi connectivity index (χ1) is 12.3. The van der Waals surface area contributed by atoms with E-state index in [4.69, 9.17) is 9.47 Å². The van der Waals surface area contributed by atoms with Gasteiger partial charge in [0.15, 0.2) is 11.3 Å². The standard InChI is InChI=1S/C19H22N4O3/c1-6-25-14-9-7-8-13(10-14)23-17-15(12(2)22-23)16(20-11-21-17)18(24)26-19(3,4)5/h7-11H,6H2,1-5H3. The first kappa shape index (κ1) is 17.8. The van der Waals surface area contributed by atoms with Gasteiger partial charge in [-0.2, -0.15) is 5.10 Å². The van der Waals surface area contributed by atoms with Crippen LogP contribution >= 0.6 is 0 Å². The van der Waals surface area contributed by atoms with Gasteiger partial charge >= 0.3 is 5.97 Å². The summed E-state index contributed by atoms with van der Waals surface area (Å²) in [5.74, 6) is 0.253. The highest BCUT2D eigenvalue weighted by molar-refractivity contribution is 6.02. The number of carbonyl (C=O) groups excluding carboxylic acids is 1. The molecule has 0 saturated heterocycles. The van der Waals surface area contributed by atoms with Gasteiger partial charge in [-0.05, 0) is 46.8 Å². The molecule has 0 amide bonds. The van der Waals surface area contributed by atoms with Crippen LogP contribution in [0.25, 0.3) is 16.7 Å². The van der Waals surface area contributed by atoms with Crippen molar-refractivity contribution < 1.29 is 14.3 Å². The fourth-order valence-electron chi connectivity index (χ4n) is 2.65. The molecule has 3 aromatic rings. The van der Waals surface area contributed by atoms with E-state index in [9.17, 15) is 4.79 Å². The Hall–Kier alpha value is -2.96. The summed E-state index contributed by atoms with van der Waals surface area (Å²) < 4.78 is 12.7. The van der Waals surface area contributed by atoms with Gasteiger partial charge < -0.3 is 9.47 Å². The molecule has 0 aliphatic carbocycles. The highest BCUT2D eigenvalue weighted by Gasteiger charge is 2.24. The van der Waals surface area contributed by atoms with Crippen LogP contribution in [0.4, 0.5) is 0 Å². The summed E-state index contributed by atoms with van der Waals surface area (Å²) >= 11 is 0. The zero-order valence-electron chi connectivity index (χ0n) is 15.6. The topological polar surface area (TPSA) is 79.1 Å². The molecule has 2 aromatic heterocycles. The van der Waals surface area contributed by atoms with Gasteiger partial charge in [0.2, 0.25) is 0 Å². The molecule has 0 fully saturated rings. The average Bonchev–Trinajstić information content (AvgIpc) is 2.91.